The van der Waals surface area contributed by atoms with Gasteiger partial charge in [-0.1, -0.05) is 42.5 Å². The van der Waals surface area contributed by atoms with Gasteiger partial charge in [0.05, 0.1) is 11.9 Å². The van der Waals surface area contributed by atoms with Gasteiger partial charge in [-0.3, -0.25) is 10.2 Å². The molecule has 0 amide bonds. The van der Waals surface area contributed by atoms with Gasteiger partial charge in [-0.15, -0.1) is 0 Å². The summed E-state index contributed by atoms with van der Waals surface area (Å²) in [6.45, 7) is 1.54. The van der Waals surface area contributed by atoms with Crippen molar-refractivity contribution in [1.29, 1.82) is 0 Å². The number of anilines is 1. The first-order valence-electron chi connectivity index (χ1n) is 5.71. The fourth-order valence-electron chi connectivity index (χ4n) is 1.60. The van der Waals surface area contributed by atoms with E-state index in [1.54, 1.807) is 19.2 Å². The highest BCUT2D eigenvalue weighted by atomic mass is 16.1. The number of hydrazone groups is 1. The number of Topliss-reactive ketones (excluding diaryl/α,β-unsaturated/α-hetero) is 1. The molecule has 2 aromatic rings. The van der Waals surface area contributed by atoms with Crippen molar-refractivity contribution in [2.24, 2.45) is 5.10 Å². The molecule has 2 rings (SSSR count). The van der Waals surface area contributed by atoms with Crippen molar-refractivity contribution in [3.63, 3.8) is 0 Å². The fourth-order valence-corrected chi connectivity index (χ4v) is 1.60. The smallest absolute Gasteiger partial charge is 0.161 e. The molecule has 0 bridgehead atoms. The van der Waals surface area contributed by atoms with E-state index in [1.807, 2.05) is 48.5 Å². The molecule has 1 N–H and O–H groups in total. The summed E-state index contributed by atoms with van der Waals surface area (Å²) in [5, 5.41) is 4.13. The van der Waals surface area contributed by atoms with Crippen LogP contribution in [0.4, 0.5) is 5.69 Å². The van der Waals surface area contributed by atoms with Crippen molar-refractivity contribution in [2.45, 2.75) is 6.92 Å². The fraction of sp³-hybridized carbons (Fsp3) is 0.0667. The summed E-state index contributed by atoms with van der Waals surface area (Å²) >= 11 is 0. The summed E-state index contributed by atoms with van der Waals surface area (Å²) in [6.07, 6.45) is 1.72. The first-order valence-corrected chi connectivity index (χ1v) is 5.71. The summed E-state index contributed by atoms with van der Waals surface area (Å²) < 4.78 is 0. The van der Waals surface area contributed by atoms with Crippen LogP contribution in [0.25, 0.3) is 0 Å². The molecule has 18 heavy (non-hydrogen) atoms. The van der Waals surface area contributed by atoms with Crippen LogP contribution in [0.5, 0.6) is 0 Å². The summed E-state index contributed by atoms with van der Waals surface area (Å²) in [7, 11) is 0. The van der Waals surface area contributed by atoms with E-state index in [9.17, 15) is 4.79 Å². The molecular formula is C15H14N2O. The molecule has 0 spiro atoms. The van der Waals surface area contributed by atoms with Gasteiger partial charge in [-0.25, -0.2) is 0 Å². The number of benzene rings is 2. The lowest BCUT2D eigenvalue weighted by Gasteiger charge is -2.04. The molecular weight excluding hydrogens is 224 g/mol. The summed E-state index contributed by atoms with van der Waals surface area (Å²) in [5.74, 6) is 0.0213. The molecule has 0 fully saturated rings. The Morgan fingerprint density at radius 1 is 1.06 bits per heavy atom. The Hall–Kier alpha value is -2.42. The number of rotatable bonds is 4. The summed E-state index contributed by atoms with van der Waals surface area (Å²) in [4.78, 5) is 11.4. The van der Waals surface area contributed by atoms with Gasteiger partial charge in [-0.2, -0.15) is 5.10 Å². The highest BCUT2D eigenvalue weighted by molar-refractivity contribution is 5.99. The molecule has 0 aliphatic rings. The minimum Gasteiger partial charge on any atom is -0.294 e. The van der Waals surface area contributed by atoms with E-state index in [0.29, 0.717) is 5.56 Å². The first-order chi connectivity index (χ1) is 8.77. The third kappa shape index (κ3) is 3.04. The molecule has 3 nitrogen and oxygen atoms in total. The predicted molar refractivity (Wildman–Crippen MR) is 74.1 cm³/mol. The van der Waals surface area contributed by atoms with Gasteiger partial charge in [0.2, 0.25) is 0 Å². The molecule has 0 aromatic heterocycles. The molecule has 0 unspecified atom stereocenters. The molecule has 0 heterocycles. The third-order valence-electron chi connectivity index (χ3n) is 2.50. The number of nitrogens with zero attached hydrogens (tertiary/aromatic N) is 1. The first kappa shape index (κ1) is 12.0. The monoisotopic (exact) mass is 238 g/mol. The van der Waals surface area contributed by atoms with Gasteiger partial charge < -0.3 is 0 Å². The van der Waals surface area contributed by atoms with E-state index in [0.717, 1.165) is 11.3 Å². The van der Waals surface area contributed by atoms with Crippen molar-refractivity contribution in [3.8, 4) is 0 Å². The number of nitrogens with one attached hydrogen (secondary N) is 1. The van der Waals surface area contributed by atoms with Crippen molar-refractivity contribution in [1.82, 2.24) is 0 Å². The zero-order chi connectivity index (χ0) is 12.8. The normalized spacial score (nSPS) is 10.5. The molecule has 0 saturated carbocycles. The quantitative estimate of drug-likeness (QED) is 0.504. The Balaban J connectivity index is 2.11. The molecule has 0 aliphatic carbocycles. The van der Waals surface area contributed by atoms with E-state index in [-0.39, 0.29) is 5.78 Å². The van der Waals surface area contributed by atoms with Crippen LogP contribution in [0.1, 0.15) is 22.8 Å². The minimum absolute atomic E-state index is 0.0213. The Bertz CT molecular complexity index is 562. The van der Waals surface area contributed by atoms with Gasteiger partial charge >= 0.3 is 0 Å². The average Bonchev–Trinajstić information content (AvgIpc) is 2.40. The van der Waals surface area contributed by atoms with Gasteiger partial charge in [0.15, 0.2) is 5.78 Å². The van der Waals surface area contributed by atoms with Gasteiger partial charge in [0, 0.05) is 5.56 Å². The molecule has 0 aliphatic heterocycles. The summed E-state index contributed by atoms with van der Waals surface area (Å²) in [6, 6.07) is 17.1. The zero-order valence-corrected chi connectivity index (χ0v) is 10.1. The predicted octanol–water partition coefficient (Wildman–Crippen LogP) is 3.34. The Morgan fingerprint density at radius 2 is 1.72 bits per heavy atom. The van der Waals surface area contributed by atoms with Crippen molar-refractivity contribution in [3.05, 3.63) is 65.7 Å². The lowest BCUT2D eigenvalue weighted by molar-refractivity contribution is 0.101. The molecule has 0 radical (unpaired) electrons. The second-order valence-corrected chi connectivity index (χ2v) is 3.88. The Morgan fingerprint density at radius 3 is 2.44 bits per heavy atom. The number of carbonyl (C=O) groups excluding carboxylic acids is 1. The van der Waals surface area contributed by atoms with Crippen LogP contribution in [0, 0.1) is 0 Å². The van der Waals surface area contributed by atoms with Crippen LogP contribution < -0.4 is 5.43 Å². The minimum atomic E-state index is 0.0213. The molecule has 90 valence electrons. The Kier molecular flexibility index (Phi) is 3.86. The standard InChI is InChI=1S/C15H14N2O/c1-12(18)14-9-5-6-10-15(14)17-16-11-13-7-3-2-4-8-13/h2-11,17H,1H3/b16-11-. The molecule has 0 saturated heterocycles. The van der Waals surface area contributed by atoms with E-state index in [1.165, 1.54) is 0 Å². The number of carbonyl (C=O) groups is 1. The van der Waals surface area contributed by atoms with E-state index >= 15 is 0 Å². The number of para-hydroxylation sites is 1. The largest absolute Gasteiger partial charge is 0.294 e. The van der Waals surface area contributed by atoms with Crippen LogP contribution in [0.3, 0.4) is 0 Å². The SMILES string of the molecule is CC(=O)c1ccccc1N/N=C\c1ccccc1. The van der Waals surface area contributed by atoms with Crippen molar-refractivity contribution < 1.29 is 4.79 Å². The second kappa shape index (κ2) is 5.77. The van der Waals surface area contributed by atoms with Crippen LogP contribution in [-0.4, -0.2) is 12.0 Å². The summed E-state index contributed by atoms with van der Waals surface area (Å²) in [5.41, 5.74) is 5.26. The van der Waals surface area contributed by atoms with Crippen LogP contribution >= 0.6 is 0 Å². The molecule has 2 aromatic carbocycles. The zero-order valence-electron chi connectivity index (χ0n) is 10.1. The maximum Gasteiger partial charge on any atom is 0.161 e. The third-order valence-corrected chi connectivity index (χ3v) is 2.50. The maximum absolute atomic E-state index is 11.4. The van der Waals surface area contributed by atoms with Crippen LogP contribution in [-0.2, 0) is 0 Å². The van der Waals surface area contributed by atoms with Gasteiger partial charge in [-0.05, 0) is 24.6 Å². The highest BCUT2D eigenvalue weighted by Gasteiger charge is 2.04. The number of hydrogen-bond donors (Lipinski definition) is 1. The van der Waals surface area contributed by atoms with Gasteiger partial charge in [0.25, 0.3) is 0 Å². The maximum atomic E-state index is 11.4. The van der Waals surface area contributed by atoms with Gasteiger partial charge in [0.1, 0.15) is 0 Å². The topological polar surface area (TPSA) is 41.5 Å². The van der Waals surface area contributed by atoms with Crippen LogP contribution in [0.15, 0.2) is 59.7 Å². The highest BCUT2D eigenvalue weighted by Crippen LogP contribution is 2.15. The second-order valence-electron chi connectivity index (χ2n) is 3.88. The lowest BCUT2D eigenvalue weighted by Crippen LogP contribution is -1.99. The average molecular weight is 238 g/mol. The molecule has 3 heteroatoms. The number of ketones is 1. The van der Waals surface area contributed by atoms with Crippen LogP contribution in [0.2, 0.25) is 0 Å². The van der Waals surface area contributed by atoms with E-state index in [2.05, 4.69) is 10.5 Å². The number of hydrogen-bond acceptors (Lipinski definition) is 3. The lowest BCUT2D eigenvalue weighted by atomic mass is 10.1. The van der Waals surface area contributed by atoms with Crippen molar-refractivity contribution in [2.75, 3.05) is 5.43 Å². The van der Waals surface area contributed by atoms with Crippen molar-refractivity contribution >= 4 is 17.7 Å². The van der Waals surface area contributed by atoms with E-state index < -0.39 is 0 Å². The molecule has 0 atom stereocenters. The Labute approximate surface area is 106 Å². The van der Waals surface area contributed by atoms with E-state index in [4.69, 9.17) is 0 Å².